The topological polar surface area (TPSA) is 55.6 Å². The van der Waals surface area contributed by atoms with E-state index in [1.807, 2.05) is 37.1 Å². The molecule has 2 heterocycles. The molecular weight excluding hydrogens is 214 g/mol. The van der Waals surface area contributed by atoms with Gasteiger partial charge in [0.2, 0.25) is 0 Å². The third-order valence-corrected chi connectivity index (χ3v) is 2.86. The zero-order valence-corrected chi connectivity index (χ0v) is 10.2. The standard InChI is InChI=1S/C12H17N5/c1-13-11(12-14-7-3-8-15-12)5-4-10-6-9-16-17(10)2/h3,6-9,11,13H,4-5H2,1-2H3. The van der Waals surface area contributed by atoms with Crippen molar-refractivity contribution < 1.29 is 0 Å². The van der Waals surface area contributed by atoms with Crippen molar-refractivity contribution in [2.45, 2.75) is 18.9 Å². The van der Waals surface area contributed by atoms with E-state index in [4.69, 9.17) is 0 Å². The van der Waals surface area contributed by atoms with Crippen LogP contribution in [0.25, 0.3) is 0 Å². The molecule has 2 rings (SSSR count). The molecule has 0 bridgehead atoms. The van der Waals surface area contributed by atoms with Crippen LogP contribution in [0.2, 0.25) is 0 Å². The highest BCUT2D eigenvalue weighted by Crippen LogP contribution is 2.14. The van der Waals surface area contributed by atoms with Crippen LogP contribution in [0.4, 0.5) is 0 Å². The van der Waals surface area contributed by atoms with Gasteiger partial charge in [0.25, 0.3) is 0 Å². The number of nitrogens with zero attached hydrogens (tertiary/aromatic N) is 4. The fourth-order valence-electron chi connectivity index (χ4n) is 1.83. The summed E-state index contributed by atoms with van der Waals surface area (Å²) in [4.78, 5) is 8.55. The van der Waals surface area contributed by atoms with E-state index in [2.05, 4.69) is 20.4 Å². The van der Waals surface area contributed by atoms with Gasteiger partial charge in [-0.1, -0.05) is 0 Å². The monoisotopic (exact) mass is 231 g/mol. The van der Waals surface area contributed by atoms with Gasteiger partial charge < -0.3 is 5.32 Å². The number of aromatic nitrogens is 4. The van der Waals surface area contributed by atoms with Crippen LogP contribution in [-0.4, -0.2) is 26.8 Å². The molecule has 90 valence electrons. The minimum Gasteiger partial charge on any atom is -0.310 e. The first kappa shape index (κ1) is 11.7. The summed E-state index contributed by atoms with van der Waals surface area (Å²) in [5.41, 5.74) is 1.22. The van der Waals surface area contributed by atoms with Crippen molar-refractivity contribution in [1.82, 2.24) is 25.1 Å². The number of nitrogens with one attached hydrogen (secondary N) is 1. The van der Waals surface area contributed by atoms with E-state index in [0.29, 0.717) is 0 Å². The molecule has 1 unspecified atom stereocenters. The van der Waals surface area contributed by atoms with Gasteiger partial charge in [-0.25, -0.2) is 9.97 Å². The molecule has 0 saturated heterocycles. The maximum absolute atomic E-state index is 4.28. The molecule has 5 nitrogen and oxygen atoms in total. The zero-order valence-electron chi connectivity index (χ0n) is 10.2. The Hall–Kier alpha value is -1.75. The zero-order chi connectivity index (χ0) is 12.1. The van der Waals surface area contributed by atoms with Gasteiger partial charge >= 0.3 is 0 Å². The van der Waals surface area contributed by atoms with Gasteiger partial charge in [-0.15, -0.1) is 0 Å². The minimum absolute atomic E-state index is 0.186. The van der Waals surface area contributed by atoms with Gasteiger partial charge in [0.05, 0.1) is 6.04 Å². The predicted molar refractivity (Wildman–Crippen MR) is 65.4 cm³/mol. The van der Waals surface area contributed by atoms with Gasteiger partial charge in [-0.2, -0.15) is 5.10 Å². The van der Waals surface area contributed by atoms with Crippen LogP contribution in [0.1, 0.15) is 24.0 Å². The average molecular weight is 231 g/mol. The molecule has 0 amide bonds. The van der Waals surface area contributed by atoms with E-state index in [0.717, 1.165) is 18.7 Å². The van der Waals surface area contributed by atoms with E-state index in [1.54, 1.807) is 12.4 Å². The molecule has 2 aromatic rings. The summed E-state index contributed by atoms with van der Waals surface area (Å²) in [6.45, 7) is 0. The minimum atomic E-state index is 0.186. The summed E-state index contributed by atoms with van der Waals surface area (Å²) in [6, 6.07) is 4.06. The van der Waals surface area contributed by atoms with Crippen LogP contribution >= 0.6 is 0 Å². The Labute approximate surface area is 101 Å². The molecular formula is C12H17N5. The first-order valence-electron chi connectivity index (χ1n) is 5.72. The molecule has 17 heavy (non-hydrogen) atoms. The molecule has 1 N–H and O–H groups in total. The third kappa shape index (κ3) is 2.88. The largest absolute Gasteiger partial charge is 0.310 e. The molecule has 1 atom stereocenters. The second-order valence-electron chi connectivity index (χ2n) is 3.93. The summed E-state index contributed by atoms with van der Waals surface area (Å²) in [6.07, 6.45) is 7.29. The molecule has 0 radical (unpaired) electrons. The summed E-state index contributed by atoms with van der Waals surface area (Å²) < 4.78 is 1.90. The molecule has 0 aliphatic rings. The van der Waals surface area contributed by atoms with Crippen molar-refractivity contribution in [1.29, 1.82) is 0 Å². The van der Waals surface area contributed by atoms with E-state index in [1.165, 1.54) is 5.69 Å². The molecule has 0 aliphatic heterocycles. The van der Waals surface area contributed by atoms with Crippen molar-refractivity contribution in [3.63, 3.8) is 0 Å². The molecule has 0 spiro atoms. The van der Waals surface area contributed by atoms with Gasteiger partial charge in [0.15, 0.2) is 0 Å². The Morgan fingerprint density at radius 2 is 2.06 bits per heavy atom. The van der Waals surface area contributed by atoms with Crippen LogP contribution in [0.15, 0.2) is 30.7 Å². The van der Waals surface area contributed by atoms with Gasteiger partial charge in [0, 0.05) is 31.3 Å². The quantitative estimate of drug-likeness (QED) is 0.837. The normalized spacial score (nSPS) is 12.6. The van der Waals surface area contributed by atoms with Gasteiger partial charge in [-0.05, 0) is 32.0 Å². The molecule has 5 heteroatoms. The van der Waals surface area contributed by atoms with Crippen LogP contribution < -0.4 is 5.32 Å². The van der Waals surface area contributed by atoms with E-state index in [-0.39, 0.29) is 6.04 Å². The molecule has 2 aromatic heterocycles. The second-order valence-corrected chi connectivity index (χ2v) is 3.93. The summed E-state index contributed by atoms with van der Waals surface area (Å²) in [7, 11) is 3.90. The number of aryl methyl sites for hydroxylation is 2. The van der Waals surface area contributed by atoms with Crippen molar-refractivity contribution in [2.24, 2.45) is 7.05 Å². The molecule has 0 aliphatic carbocycles. The lowest BCUT2D eigenvalue weighted by Gasteiger charge is -2.14. The SMILES string of the molecule is CNC(CCc1ccnn1C)c1ncccn1. The van der Waals surface area contributed by atoms with Crippen molar-refractivity contribution in [3.8, 4) is 0 Å². The Kier molecular flexibility index (Phi) is 3.82. The Balaban J connectivity index is 1.99. The first-order chi connectivity index (χ1) is 8.31. The van der Waals surface area contributed by atoms with Gasteiger partial charge in [-0.3, -0.25) is 4.68 Å². The summed E-state index contributed by atoms with van der Waals surface area (Å²) in [5.74, 6) is 0.845. The highest BCUT2D eigenvalue weighted by Gasteiger charge is 2.12. The van der Waals surface area contributed by atoms with E-state index >= 15 is 0 Å². The lowest BCUT2D eigenvalue weighted by atomic mass is 10.1. The second kappa shape index (κ2) is 5.54. The molecule has 0 fully saturated rings. The van der Waals surface area contributed by atoms with Crippen molar-refractivity contribution in [3.05, 3.63) is 42.2 Å². The fraction of sp³-hybridized carbons (Fsp3) is 0.417. The van der Waals surface area contributed by atoms with E-state index < -0.39 is 0 Å². The molecule has 0 saturated carbocycles. The maximum Gasteiger partial charge on any atom is 0.145 e. The van der Waals surface area contributed by atoms with Crippen LogP contribution in [-0.2, 0) is 13.5 Å². The highest BCUT2D eigenvalue weighted by atomic mass is 15.2. The lowest BCUT2D eigenvalue weighted by molar-refractivity contribution is 0.510. The average Bonchev–Trinajstić information content (AvgIpc) is 2.77. The van der Waals surface area contributed by atoms with Crippen LogP contribution in [0, 0.1) is 0 Å². The highest BCUT2D eigenvalue weighted by molar-refractivity contribution is 5.02. The predicted octanol–water partition coefficient (Wildman–Crippen LogP) is 1.10. The van der Waals surface area contributed by atoms with E-state index in [9.17, 15) is 0 Å². The van der Waals surface area contributed by atoms with Crippen molar-refractivity contribution >= 4 is 0 Å². The lowest BCUT2D eigenvalue weighted by Crippen LogP contribution is -2.20. The summed E-state index contributed by atoms with van der Waals surface area (Å²) >= 11 is 0. The van der Waals surface area contributed by atoms with Crippen molar-refractivity contribution in [2.75, 3.05) is 7.05 Å². The van der Waals surface area contributed by atoms with Crippen LogP contribution in [0.5, 0.6) is 0 Å². The Morgan fingerprint density at radius 3 is 2.65 bits per heavy atom. The first-order valence-corrected chi connectivity index (χ1v) is 5.72. The fourth-order valence-corrected chi connectivity index (χ4v) is 1.83. The smallest absolute Gasteiger partial charge is 0.145 e. The third-order valence-electron chi connectivity index (χ3n) is 2.86. The van der Waals surface area contributed by atoms with Gasteiger partial charge in [0.1, 0.15) is 5.82 Å². The number of rotatable bonds is 5. The number of hydrogen-bond donors (Lipinski definition) is 1. The maximum atomic E-state index is 4.28. The number of hydrogen-bond acceptors (Lipinski definition) is 4. The summed E-state index contributed by atoms with van der Waals surface area (Å²) in [5, 5.41) is 7.40. The molecule has 0 aromatic carbocycles. The Bertz CT molecular complexity index is 451. The Morgan fingerprint density at radius 1 is 1.29 bits per heavy atom. The van der Waals surface area contributed by atoms with Crippen LogP contribution in [0.3, 0.4) is 0 Å².